The molecule has 0 spiro atoms. The number of hydrogen-bond donors (Lipinski definition) is 0. The Bertz CT molecular complexity index is 249. The molecule has 2 aliphatic rings. The molecule has 0 saturated heterocycles. The van der Waals surface area contributed by atoms with Gasteiger partial charge in [0.2, 0.25) is 0 Å². The van der Waals surface area contributed by atoms with Crippen LogP contribution in [0.4, 0.5) is 0 Å². The van der Waals surface area contributed by atoms with Crippen LogP contribution in [-0.2, 0) is 0 Å². The Morgan fingerprint density at radius 2 is 2.14 bits per heavy atom. The van der Waals surface area contributed by atoms with Crippen molar-refractivity contribution in [3.8, 4) is 0 Å². The number of fused-ring (bicyclic) bond motifs is 1. The summed E-state index contributed by atoms with van der Waals surface area (Å²) in [7, 11) is 0. The van der Waals surface area contributed by atoms with Crippen LogP contribution in [0.15, 0.2) is 24.3 Å². The van der Waals surface area contributed by atoms with Crippen molar-refractivity contribution < 1.29 is 0 Å². The second kappa shape index (κ2) is 3.92. The van der Waals surface area contributed by atoms with E-state index in [4.69, 9.17) is 0 Å². The van der Waals surface area contributed by atoms with E-state index in [-0.39, 0.29) is 0 Å². The highest BCUT2D eigenvalue weighted by molar-refractivity contribution is 5.16. The van der Waals surface area contributed by atoms with Crippen LogP contribution in [0, 0.1) is 29.6 Å². The number of rotatable bonds is 2. The van der Waals surface area contributed by atoms with Gasteiger partial charge in [0.25, 0.3) is 0 Å². The van der Waals surface area contributed by atoms with Crippen molar-refractivity contribution in [2.75, 3.05) is 0 Å². The van der Waals surface area contributed by atoms with Gasteiger partial charge in [-0.05, 0) is 42.4 Å². The zero-order valence-corrected chi connectivity index (χ0v) is 9.61. The molecular weight excluding hydrogens is 168 g/mol. The summed E-state index contributed by atoms with van der Waals surface area (Å²) in [6.45, 7) is 7.04. The minimum atomic E-state index is 0.838. The van der Waals surface area contributed by atoms with Gasteiger partial charge < -0.3 is 0 Å². The lowest BCUT2D eigenvalue weighted by Gasteiger charge is -2.19. The second-order valence-electron chi connectivity index (χ2n) is 5.07. The third-order valence-electron chi connectivity index (χ3n) is 4.08. The van der Waals surface area contributed by atoms with Gasteiger partial charge in [-0.3, -0.25) is 0 Å². The molecule has 1 fully saturated rings. The molecule has 0 aromatic heterocycles. The second-order valence-corrected chi connectivity index (χ2v) is 5.07. The molecule has 5 atom stereocenters. The van der Waals surface area contributed by atoms with Crippen LogP contribution in [0.1, 0.15) is 33.6 Å². The van der Waals surface area contributed by atoms with Gasteiger partial charge in [-0.15, -0.1) is 0 Å². The van der Waals surface area contributed by atoms with Gasteiger partial charge in [0.05, 0.1) is 0 Å². The standard InChI is InChI=1S/C14H22/c1-4-5-8-12-10(2)7-6-9-13-11(3)14(12)13/h5-6,8-14H,4,7H2,1-3H3. The maximum Gasteiger partial charge on any atom is -0.0168 e. The zero-order valence-electron chi connectivity index (χ0n) is 9.61. The van der Waals surface area contributed by atoms with Crippen LogP contribution in [-0.4, -0.2) is 0 Å². The fourth-order valence-electron chi connectivity index (χ4n) is 3.03. The molecule has 0 amide bonds. The first-order valence-electron chi connectivity index (χ1n) is 6.09. The van der Waals surface area contributed by atoms with Crippen LogP contribution in [0.2, 0.25) is 0 Å². The SMILES string of the molecule is CCC=CC1C(C)CC=CC2C(C)C12. The smallest absolute Gasteiger partial charge is 0.0168 e. The quantitative estimate of drug-likeness (QED) is 0.576. The molecule has 1 saturated carbocycles. The fraction of sp³-hybridized carbons (Fsp3) is 0.714. The summed E-state index contributed by atoms with van der Waals surface area (Å²) in [5, 5.41) is 0. The molecule has 0 heteroatoms. The molecule has 2 rings (SSSR count). The summed E-state index contributed by atoms with van der Waals surface area (Å²) in [4.78, 5) is 0. The lowest BCUT2D eigenvalue weighted by Crippen LogP contribution is -2.11. The van der Waals surface area contributed by atoms with E-state index in [9.17, 15) is 0 Å². The predicted molar refractivity (Wildman–Crippen MR) is 62.0 cm³/mol. The lowest BCUT2D eigenvalue weighted by atomic mass is 9.86. The van der Waals surface area contributed by atoms with Gasteiger partial charge in [0.1, 0.15) is 0 Å². The largest absolute Gasteiger partial charge is 0.0885 e. The molecule has 5 unspecified atom stereocenters. The maximum atomic E-state index is 2.48. The number of hydrogen-bond acceptors (Lipinski definition) is 0. The van der Waals surface area contributed by atoms with Crippen molar-refractivity contribution in [1.29, 1.82) is 0 Å². The maximum absolute atomic E-state index is 2.48. The van der Waals surface area contributed by atoms with E-state index in [0.29, 0.717) is 0 Å². The average molecular weight is 190 g/mol. The van der Waals surface area contributed by atoms with Gasteiger partial charge in [0, 0.05) is 0 Å². The van der Waals surface area contributed by atoms with Crippen molar-refractivity contribution >= 4 is 0 Å². The van der Waals surface area contributed by atoms with Crippen molar-refractivity contribution in [2.45, 2.75) is 33.6 Å². The molecule has 0 bridgehead atoms. The van der Waals surface area contributed by atoms with Crippen molar-refractivity contribution in [3.05, 3.63) is 24.3 Å². The molecule has 14 heavy (non-hydrogen) atoms. The highest BCUT2D eigenvalue weighted by atomic mass is 14.5. The summed E-state index contributed by atoms with van der Waals surface area (Å²) in [5.74, 6) is 4.46. The molecule has 0 radical (unpaired) electrons. The predicted octanol–water partition coefficient (Wildman–Crippen LogP) is 4.05. The Hall–Kier alpha value is -0.520. The molecule has 0 aliphatic heterocycles. The third kappa shape index (κ3) is 1.67. The van der Waals surface area contributed by atoms with Crippen molar-refractivity contribution in [1.82, 2.24) is 0 Å². The first kappa shape index (κ1) is 10.0. The van der Waals surface area contributed by atoms with E-state index in [1.165, 1.54) is 12.8 Å². The van der Waals surface area contributed by atoms with Crippen LogP contribution >= 0.6 is 0 Å². The Morgan fingerprint density at radius 1 is 1.36 bits per heavy atom. The molecule has 0 N–H and O–H groups in total. The zero-order chi connectivity index (χ0) is 10.1. The summed E-state index contributed by atoms with van der Waals surface area (Å²) in [5.41, 5.74) is 0. The van der Waals surface area contributed by atoms with E-state index in [2.05, 4.69) is 45.1 Å². The van der Waals surface area contributed by atoms with Gasteiger partial charge >= 0.3 is 0 Å². The number of allylic oxidation sites excluding steroid dienone is 4. The Morgan fingerprint density at radius 3 is 2.86 bits per heavy atom. The van der Waals surface area contributed by atoms with Gasteiger partial charge in [-0.2, -0.15) is 0 Å². The first-order chi connectivity index (χ1) is 6.75. The highest BCUT2D eigenvalue weighted by Crippen LogP contribution is 2.55. The van der Waals surface area contributed by atoms with Gasteiger partial charge in [-0.1, -0.05) is 45.1 Å². The molecule has 0 aromatic rings. The molecule has 78 valence electrons. The minimum Gasteiger partial charge on any atom is -0.0885 e. The van der Waals surface area contributed by atoms with E-state index in [1.54, 1.807) is 0 Å². The van der Waals surface area contributed by atoms with Crippen molar-refractivity contribution in [2.24, 2.45) is 29.6 Å². The lowest BCUT2D eigenvalue weighted by molar-refractivity contribution is 0.376. The van der Waals surface area contributed by atoms with Crippen LogP contribution in [0.25, 0.3) is 0 Å². The normalized spacial score (nSPS) is 46.4. The van der Waals surface area contributed by atoms with E-state index in [1.807, 2.05) is 0 Å². The van der Waals surface area contributed by atoms with Crippen LogP contribution in [0.5, 0.6) is 0 Å². The molecule has 2 aliphatic carbocycles. The topological polar surface area (TPSA) is 0 Å². The van der Waals surface area contributed by atoms with Crippen LogP contribution in [0.3, 0.4) is 0 Å². The third-order valence-corrected chi connectivity index (χ3v) is 4.08. The Labute approximate surface area is 88.1 Å². The summed E-state index contributed by atoms with van der Waals surface area (Å²) in [6, 6.07) is 0. The molecular formula is C14H22. The summed E-state index contributed by atoms with van der Waals surface area (Å²) < 4.78 is 0. The minimum absolute atomic E-state index is 0.838. The summed E-state index contributed by atoms with van der Waals surface area (Å²) in [6.07, 6.45) is 12.2. The Balaban J connectivity index is 2.10. The Kier molecular flexibility index (Phi) is 2.80. The molecule has 0 aromatic carbocycles. The molecule has 0 heterocycles. The molecule has 0 nitrogen and oxygen atoms in total. The van der Waals surface area contributed by atoms with E-state index < -0.39 is 0 Å². The average Bonchev–Trinajstić information content (AvgIpc) is 2.82. The van der Waals surface area contributed by atoms with Gasteiger partial charge in [0.15, 0.2) is 0 Å². The first-order valence-corrected chi connectivity index (χ1v) is 6.09. The van der Waals surface area contributed by atoms with E-state index in [0.717, 1.165) is 29.6 Å². The van der Waals surface area contributed by atoms with Gasteiger partial charge in [-0.25, -0.2) is 0 Å². The highest BCUT2D eigenvalue weighted by Gasteiger charge is 2.50. The fourth-order valence-corrected chi connectivity index (χ4v) is 3.03. The summed E-state index contributed by atoms with van der Waals surface area (Å²) >= 11 is 0. The van der Waals surface area contributed by atoms with Crippen LogP contribution < -0.4 is 0 Å². The monoisotopic (exact) mass is 190 g/mol. The van der Waals surface area contributed by atoms with E-state index >= 15 is 0 Å². The van der Waals surface area contributed by atoms with Crippen molar-refractivity contribution in [3.63, 3.8) is 0 Å².